The predicted molar refractivity (Wildman–Crippen MR) is 77.3 cm³/mol. The van der Waals surface area contributed by atoms with Crippen LogP contribution in [0.15, 0.2) is 18.2 Å². The Balaban J connectivity index is 2.05. The lowest BCUT2D eigenvalue weighted by Gasteiger charge is -2.36. The number of phenols is 2. The number of nitrogens with one attached hydrogen (secondary N) is 1. The topological polar surface area (TPSA) is 52.5 Å². The van der Waals surface area contributed by atoms with E-state index in [4.69, 9.17) is 0 Å². The first-order valence-corrected chi connectivity index (χ1v) is 7.26. The molecule has 1 fully saturated rings. The molecule has 1 saturated carbocycles. The van der Waals surface area contributed by atoms with Gasteiger partial charge in [0.25, 0.3) is 0 Å². The Morgan fingerprint density at radius 3 is 2.37 bits per heavy atom. The molecule has 0 saturated heterocycles. The molecule has 4 unspecified atom stereocenters. The fourth-order valence-corrected chi connectivity index (χ4v) is 3.10. The van der Waals surface area contributed by atoms with Crippen molar-refractivity contribution in [1.82, 2.24) is 5.32 Å². The molecule has 0 spiro atoms. The highest BCUT2D eigenvalue weighted by Gasteiger charge is 2.28. The molecule has 0 amide bonds. The van der Waals surface area contributed by atoms with E-state index in [-0.39, 0.29) is 17.5 Å². The third kappa shape index (κ3) is 3.41. The number of aromatic hydroxyl groups is 2. The van der Waals surface area contributed by atoms with Gasteiger partial charge in [-0.25, -0.2) is 0 Å². The highest BCUT2D eigenvalue weighted by molar-refractivity contribution is 5.38. The summed E-state index contributed by atoms with van der Waals surface area (Å²) in [5.41, 5.74) is 0.933. The van der Waals surface area contributed by atoms with E-state index in [0.29, 0.717) is 12.0 Å². The van der Waals surface area contributed by atoms with Gasteiger partial charge in [-0.05, 0) is 42.9 Å². The molecule has 3 heteroatoms. The van der Waals surface area contributed by atoms with E-state index >= 15 is 0 Å². The third-order valence-corrected chi connectivity index (χ3v) is 4.60. The van der Waals surface area contributed by atoms with Gasteiger partial charge in [-0.15, -0.1) is 0 Å². The summed E-state index contributed by atoms with van der Waals surface area (Å²) in [5, 5.41) is 22.8. The van der Waals surface area contributed by atoms with E-state index in [1.165, 1.54) is 25.3 Å². The summed E-state index contributed by atoms with van der Waals surface area (Å²) < 4.78 is 0. The standard InChI is InChI=1S/C16H25NO2/c1-10-5-4-6-16(11(10)2)17-12(3)13-7-14(18)9-15(19)8-13/h7-12,16-19H,4-6H2,1-3H3. The highest BCUT2D eigenvalue weighted by atomic mass is 16.3. The summed E-state index contributed by atoms with van der Waals surface area (Å²) in [7, 11) is 0. The van der Waals surface area contributed by atoms with Crippen molar-refractivity contribution < 1.29 is 10.2 Å². The molecule has 4 atom stereocenters. The summed E-state index contributed by atoms with van der Waals surface area (Å²) in [6.45, 7) is 6.72. The number of hydrogen-bond acceptors (Lipinski definition) is 3. The smallest absolute Gasteiger partial charge is 0.119 e. The van der Waals surface area contributed by atoms with Crippen molar-refractivity contribution in [2.24, 2.45) is 11.8 Å². The Bertz CT molecular complexity index is 413. The SMILES string of the molecule is CC(NC1CCCC(C)C1C)c1cc(O)cc(O)c1. The molecule has 1 aliphatic carbocycles. The fourth-order valence-electron chi connectivity index (χ4n) is 3.10. The van der Waals surface area contributed by atoms with E-state index in [1.807, 2.05) is 0 Å². The maximum absolute atomic E-state index is 9.55. The van der Waals surface area contributed by atoms with Crippen LogP contribution in [0, 0.1) is 11.8 Å². The van der Waals surface area contributed by atoms with Crippen molar-refractivity contribution in [3.63, 3.8) is 0 Å². The fraction of sp³-hybridized carbons (Fsp3) is 0.625. The zero-order valence-corrected chi connectivity index (χ0v) is 12.1. The van der Waals surface area contributed by atoms with Crippen LogP contribution in [0.1, 0.15) is 51.6 Å². The Morgan fingerprint density at radius 2 is 1.74 bits per heavy atom. The van der Waals surface area contributed by atoms with Crippen LogP contribution in [-0.4, -0.2) is 16.3 Å². The summed E-state index contributed by atoms with van der Waals surface area (Å²) >= 11 is 0. The van der Waals surface area contributed by atoms with Crippen LogP contribution in [-0.2, 0) is 0 Å². The van der Waals surface area contributed by atoms with Crippen LogP contribution in [0.25, 0.3) is 0 Å². The minimum absolute atomic E-state index is 0.119. The second kappa shape index (κ2) is 5.83. The summed E-state index contributed by atoms with van der Waals surface area (Å²) in [6, 6.07) is 5.45. The van der Waals surface area contributed by atoms with Gasteiger partial charge in [0.15, 0.2) is 0 Å². The summed E-state index contributed by atoms with van der Waals surface area (Å²) in [4.78, 5) is 0. The van der Waals surface area contributed by atoms with Crippen LogP contribution in [0.4, 0.5) is 0 Å². The van der Waals surface area contributed by atoms with Gasteiger partial charge in [0.1, 0.15) is 11.5 Å². The largest absolute Gasteiger partial charge is 0.508 e. The van der Waals surface area contributed by atoms with Gasteiger partial charge in [-0.1, -0.05) is 26.7 Å². The molecule has 1 aliphatic rings. The zero-order valence-electron chi connectivity index (χ0n) is 12.1. The monoisotopic (exact) mass is 263 g/mol. The molecule has 1 aromatic rings. The quantitative estimate of drug-likeness (QED) is 0.781. The van der Waals surface area contributed by atoms with E-state index in [0.717, 1.165) is 11.5 Å². The first-order valence-electron chi connectivity index (χ1n) is 7.26. The lowest BCUT2D eigenvalue weighted by molar-refractivity contribution is 0.196. The third-order valence-electron chi connectivity index (χ3n) is 4.60. The molecule has 3 nitrogen and oxygen atoms in total. The molecule has 3 N–H and O–H groups in total. The van der Waals surface area contributed by atoms with Crippen molar-refractivity contribution in [1.29, 1.82) is 0 Å². The molecule has 0 aromatic heterocycles. The number of rotatable bonds is 3. The van der Waals surface area contributed by atoms with E-state index in [9.17, 15) is 10.2 Å². The molecular weight excluding hydrogens is 238 g/mol. The predicted octanol–water partition coefficient (Wildman–Crippen LogP) is 3.57. The minimum Gasteiger partial charge on any atom is -0.508 e. The van der Waals surface area contributed by atoms with Crippen molar-refractivity contribution >= 4 is 0 Å². The van der Waals surface area contributed by atoms with Gasteiger partial charge in [-0.2, -0.15) is 0 Å². The molecule has 0 heterocycles. The number of hydrogen-bond donors (Lipinski definition) is 3. The molecule has 1 aromatic carbocycles. The first kappa shape index (κ1) is 14.2. The second-order valence-electron chi connectivity index (χ2n) is 6.04. The van der Waals surface area contributed by atoms with Crippen LogP contribution < -0.4 is 5.32 Å². The van der Waals surface area contributed by atoms with Gasteiger partial charge in [0, 0.05) is 18.2 Å². The van der Waals surface area contributed by atoms with Crippen LogP contribution in [0.5, 0.6) is 11.5 Å². The van der Waals surface area contributed by atoms with Crippen molar-refractivity contribution in [2.75, 3.05) is 0 Å². The van der Waals surface area contributed by atoms with Gasteiger partial charge in [0.2, 0.25) is 0 Å². The lowest BCUT2D eigenvalue weighted by atomic mass is 9.77. The summed E-state index contributed by atoms with van der Waals surface area (Å²) in [6.07, 6.45) is 3.81. The van der Waals surface area contributed by atoms with Gasteiger partial charge >= 0.3 is 0 Å². The Labute approximate surface area is 115 Å². The average Bonchev–Trinajstić information content (AvgIpc) is 2.33. The minimum atomic E-state index is 0.119. The van der Waals surface area contributed by atoms with Crippen LogP contribution >= 0.6 is 0 Å². The molecule has 2 rings (SSSR count). The van der Waals surface area contributed by atoms with E-state index < -0.39 is 0 Å². The average molecular weight is 263 g/mol. The summed E-state index contributed by atoms with van der Waals surface area (Å²) in [5.74, 6) is 1.67. The zero-order chi connectivity index (χ0) is 14.0. The molecule has 0 bridgehead atoms. The highest BCUT2D eigenvalue weighted by Crippen LogP contribution is 2.32. The normalized spacial score (nSPS) is 29.1. The van der Waals surface area contributed by atoms with Crippen LogP contribution in [0.3, 0.4) is 0 Å². The van der Waals surface area contributed by atoms with Gasteiger partial charge < -0.3 is 15.5 Å². The molecule has 106 valence electrons. The van der Waals surface area contributed by atoms with Gasteiger partial charge in [0.05, 0.1) is 0 Å². The number of benzene rings is 1. The number of phenolic OH excluding ortho intramolecular Hbond substituents is 2. The van der Waals surface area contributed by atoms with E-state index in [1.54, 1.807) is 12.1 Å². The van der Waals surface area contributed by atoms with E-state index in [2.05, 4.69) is 26.1 Å². The maximum Gasteiger partial charge on any atom is 0.119 e. The molecule has 19 heavy (non-hydrogen) atoms. The Morgan fingerprint density at radius 1 is 1.11 bits per heavy atom. The molecule has 0 aliphatic heterocycles. The maximum atomic E-state index is 9.55. The van der Waals surface area contributed by atoms with Crippen molar-refractivity contribution in [2.45, 2.75) is 52.1 Å². The lowest BCUT2D eigenvalue weighted by Crippen LogP contribution is -2.41. The molecular formula is C16H25NO2. The second-order valence-corrected chi connectivity index (χ2v) is 6.04. The Hall–Kier alpha value is -1.22. The first-order chi connectivity index (χ1) is 8.97. The van der Waals surface area contributed by atoms with Crippen LogP contribution in [0.2, 0.25) is 0 Å². The molecule has 0 radical (unpaired) electrons. The Kier molecular flexibility index (Phi) is 4.35. The van der Waals surface area contributed by atoms with Crippen molar-refractivity contribution in [3.05, 3.63) is 23.8 Å². The van der Waals surface area contributed by atoms with Gasteiger partial charge in [-0.3, -0.25) is 0 Å². The van der Waals surface area contributed by atoms with Crippen molar-refractivity contribution in [3.8, 4) is 11.5 Å².